The average Bonchev–Trinajstić information content (AvgIpc) is 2.47. The number of hydrogen-bond acceptors (Lipinski definition) is 3. The lowest BCUT2D eigenvalue weighted by atomic mass is 10.0. The summed E-state index contributed by atoms with van der Waals surface area (Å²) in [4.78, 5) is 0.280. The van der Waals surface area contributed by atoms with Gasteiger partial charge in [0.25, 0.3) is 0 Å². The number of aliphatic hydroxyl groups excluding tert-OH is 1. The van der Waals surface area contributed by atoms with Gasteiger partial charge < -0.3 is 5.11 Å². The molecule has 112 valence electrons. The molecule has 0 bridgehead atoms. The number of hydrogen-bond donors (Lipinski definition) is 1. The predicted molar refractivity (Wildman–Crippen MR) is 83.9 cm³/mol. The lowest BCUT2D eigenvalue weighted by Crippen LogP contribution is -2.01. The summed E-state index contributed by atoms with van der Waals surface area (Å²) in [6, 6.07) is 16.6. The second-order valence-electron chi connectivity index (χ2n) is 5.23. The smallest absolute Gasteiger partial charge is 0.175 e. The van der Waals surface area contributed by atoms with Crippen LogP contribution in [-0.4, -0.2) is 19.8 Å². The van der Waals surface area contributed by atoms with E-state index in [0.29, 0.717) is 6.42 Å². The van der Waals surface area contributed by atoms with Crippen molar-refractivity contribution in [3.05, 3.63) is 65.7 Å². The summed E-state index contributed by atoms with van der Waals surface area (Å²) in [5.41, 5.74) is 2.02. The summed E-state index contributed by atoms with van der Waals surface area (Å²) in [5.74, 6) is 0. The molecule has 0 saturated carbocycles. The Morgan fingerprint density at radius 2 is 1.62 bits per heavy atom. The topological polar surface area (TPSA) is 54.4 Å². The van der Waals surface area contributed by atoms with Gasteiger partial charge in [-0.15, -0.1) is 0 Å². The molecule has 2 rings (SSSR count). The van der Waals surface area contributed by atoms with Crippen molar-refractivity contribution in [2.45, 2.75) is 30.3 Å². The van der Waals surface area contributed by atoms with E-state index in [9.17, 15) is 13.5 Å². The molecule has 21 heavy (non-hydrogen) atoms. The van der Waals surface area contributed by atoms with Crippen molar-refractivity contribution in [1.82, 2.24) is 0 Å². The summed E-state index contributed by atoms with van der Waals surface area (Å²) in [7, 11) is -3.18. The molecule has 0 saturated heterocycles. The molecule has 2 aromatic carbocycles. The maximum atomic E-state index is 11.4. The molecule has 0 fully saturated rings. The molecule has 0 amide bonds. The third kappa shape index (κ3) is 4.69. The Morgan fingerprint density at radius 1 is 1.00 bits per heavy atom. The minimum atomic E-state index is -3.18. The van der Waals surface area contributed by atoms with Crippen LogP contribution in [-0.2, 0) is 16.3 Å². The summed E-state index contributed by atoms with van der Waals surface area (Å²) >= 11 is 0. The van der Waals surface area contributed by atoms with Crippen LogP contribution in [0, 0.1) is 0 Å². The van der Waals surface area contributed by atoms with Crippen molar-refractivity contribution in [3.63, 3.8) is 0 Å². The number of aliphatic hydroxyl groups is 1. The van der Waals surface area contributed by atoms with E-state index in [-0.39, 0.29) is 4.90 Å². The van der Waals surface area contributed by atoms with Gasteiger partial charge in [0.1, 0.15) is 0 Å². The highest BCUT2D eigenvalue weighted by atomic mass is 32.2. The SMILES string of the molecule is CS(=O)(=O)c1ccc(C(O)CCCc2ccccc2)cc1. The predicted octanol–water partition coefficient (Wildman–Crippen LogP) is 3.15. The van der Waals surface area contributed by atoms with E-state index in [1.807, 2.05) is 18.2 Å². The Bertz CT molecular complexity index is 661. The van der Waals surface area contributed by atoms with Gasteiger partial charge in [-0.25, -0.2) is 8.42 Å². The second-order valence-corrected chi connectivity index (χ2v) is 7.25. The minimum absolute atomic E-state index is 0.280. The van der Waals surface area contributed by atoms with E-state index >= 15 is 0 Å². The van der Waals surface area contributed by atoms with Gasteiger partial charge in [0.05, 0.1) is 11.0 Å². The minimum Gasteiger partial charge on any atom is -0.388 e. The van der Waals surface area contributed by atoms with Crippen molar-refractivity contribution < 1.29 is 13.5 Å². The molecule has 1 unspecified atom stereocenters. The largest absolute Gasteiger partial charge is 0.388 e. The lowest BCUT2D eigenvalue weighted by molar-refractivity contribution is 0.164. The molecule has 0 heterocycles. The van der Waals surface area contributed by atoms with Crippen LogP contribution in [0.25, 0.3) is 0 Å². The molecule has 0 aliphatic carbocycles. The molecule has 1 N–H and O–H groups in total. The van der Waals surface area contributed by atoms with E-state index < -0.39 is 15.9 Å². The van der Waals surface area contributed by atoms with Crippen LogP contribution in [0.5, 0.6) is 0 Å². The Labute approximate surface area is 126 Å². The third-order valence-corrected chi connectivity index (χ3v) is 4.61. The molecule has 1 atom stereocenters. The summed E-state index contributed by atoms with van der Waals surface area (Å²) < 4.78 is 22.8. The normalized spacial score (nSPS) is 13.0. The third-order valence-electron chi connectivity index (χ3n) is 3.48. The second kappa shape index (κ2) is 6.87. The fraction of sp³-hybridized carbons (Fsp3) is 0.294. The lowest BCUT2D eigenvalue weighted by Gasteiger charge is -2.11. The van der Waals surface area contributed by atoms with E-state index in [2.05, 4.69) is 12.1 Å². The molecule has 4 heteroatoms. The van der Waals surface area contributed by atoms with E-state index in [1.165, 1.54) is 11.8 Å². The Morgan fingerprint density at radius 3 is 2.19 bits per heavy atom. The summed E-state index contributed by atoms with van der Waals surface area (Å²) in [6.07, 6.45) is 3.10. The summed E-state index contributed by atoms with van der Waals surface area (Å²) in [6.45, 7) is 0. The van der Waals surface area contributed by atoms with Gasteiger partial charge in [0, 0.05) is 6.26 Å². The maximum absolute atomic E-state index is 11.4. The van der Waals surface area contributed by atoms with Gasteiger partial charge in [-0.05, 0) is 42.5 Å². The molecule has 0 aliphatic rings. The van der Waals surface area contributed by atoms with Crippen LogP contribution in [0.15, 0.2) is 59.5 Å². The molecule has 2 aromatic rings. The highest BCUT2D eigenvalue weighted by molar-refractivity contribution is 7.90. The molecule has 0 aliphatic heterocycles. The number of sulfone groups is 1. The number of benzene rings is 2. The van der Waals surface area contributed by atoms with E-state index in [1.54, 1.807) is 24.3 Å². The maximum Gasteiger partial charge on any atom is 0.175 e. The van der Waals surface area contributed by atoms with Crippen molar-refractivity contribution >= 4 is 9.84 Å². The van der Waals surface area contributed by atoms with Gasteiger partial charge in [0.15, 0.2) is 9.84 Å². The first-order valence-electron chi connectivity index (χ1n) is 6.99. The molecular weight excluding hydrogens is 284 g/mol. The van der Waals surface area contributed by atoms with Crippen LogP contribution in [0.2, 0.25) is 0 Å². The Hall–Kier alpha value is -1.65. The van der Waals surface area contributed by atoms with Gasteiger partial charge in [-0.1, -0.05) is 42.5 Å². The van der Waals surface area contributed by atoms with E-state index in [0.717, 1.165) is 18.4 Å². The van der Waals surface area contributed by atoms with Crippen molar-refractivity contribution in [2.75, 3.05) is 6.26 Å². The fourth-order valence-corrected chi connectivity index (χ4v) is 2.88. The average molecular weight is 304 g/mol. The van der Waals surface area contributed by atoms with Crippen LogP contribution < -0.4 is 0 Å². The Kier molecular flexibility index (Phi) is 5.15. The highest BCUT2D eigenvalue weighted by Crippen LogP contribution is 2.21. The zero-order valence-electron chi connectivity index (χ0n) is 12.1. The first kappa shape index (κ1) is 15.7. The quantitative estimate of drug-likeness (QED) is 0.892. The molecule has 0 spiro atoms. The molecule has 0 aromatic heterocycles. The van der Waals surface area contributed by atoms with Crippen molar-refractivity contribution in [3.8, 4) is 0 Å². The molecular formula is C17H20O3S. The first-order chi connectivity index (χ1) is 9.97. The number of aryl methyl sites for hydroxylation is 1. The van der Waals surface area contributed by atoms with Crippen molar-refractivity contribution in [1.29, 1.82) is 0 Å². The Balaban J connectivity index is 1.90. The van der Waals surface area contributed by atoms with Gasteiger partial charge in [0.2, 0.25) is 0 Å². The van der Waals surface area contributed by atoms with Gasteiger partial charge in [-0.3, -0.25) is 0 Å². The number of rotatable bonds is 6. The molecule has 0 radical (unpaired) electrons. The molecule has 3 nitrogen and oxygen atoms in total. The first-order valence-corrected chi connectivity index (χ1v) is 8.88. The van der Waals surface area contributed by atoms with Crippen molar-refractivity contribution in [2.24, 2.45) is 0 Å². The highest BCUT2D eigenvalue weighted by Gasteiger charge is 2.10. The van der Waals surface area contributed by atoms with Crippen LogP contribution in [0.3, 0.4) is 0 Å². The standard InChI is InChI=1S/C17H20O3S/c1-21(19,20)16-12-10-15(11-13-16)17(18)9-5-8-14-6-3-2-4-7-14/h2-4,6-7,10-13,17-18H,5,8-9H2,1H3. The summed E-state index contributed by atoms with van der Waals surface area (Å²) in [5, 5.41) is 10.1. The van der Waals surface area contributed by atoms with Gasteiger partial charge in [-0.2, -0.15) is 0 Å². The zero-order valence-corrected chi connectivity index (χ0v) is 12.9. The van der Waals surface area contributed by atoms with Gasteiger partial charge >= 0.3 is 0 Å². The zero-order chi connectivity index (χ0) is 15.3. The van der Waals surface area contributed by atoms with E-state index in [4.69, 9.17) is 0 Å². The van der Waals surface area contributed by atoms with Crippen LogP contribution >= 0.6 is 0 Å². The monoisotopic (exact) mass is 304 g/mol. The van der Waals surface area contributed by atoms with Crippen LogP contribution in [0.4, 0.5) is 0 Å². The fourth-order valence-electron chi connectivity index (χ4n) is 2.25. The van der Waals surface area contributed by atoms with Crippen LogP contribution in [0.1, 0.15) is 30.1 Å².